The van der Waals surface area contributed by atoms with Crippen molar-refractivity contribution < 1.29 is 28.8 Å². The van der Waals surface area contributed by atoms with Crippen molar-refractivity contribution in [1.29, 1.82) is 0 Å². The first-order valence-electron chi connectivity index (χ1n) is 1.67. The van der Waals surface area contributed by atoms with Gasteiger partial charge < -0.3 is 4.72 Å². The van der Waals surface area contributed by atoms with Crippen molar-refractivity contribution in [3.63, 3.8) is 0 Å². The summed E-state index contributed by atoms with van der Waals surface area (Å²) in [6, 6.07) is 0. The smallest absolute Gasteiger partial charge is 0.134 e. The first-order valence-corrected chi connectivity index (χ1v) is 3.11. The molecule has 8 heavy (non-hydrogen) atoms. The van der Waals surface area contributed by atoms with Crippen LogP contribution in [0.3, 0.4) is 0 Å². The first kappa shape index (κ1) is 11.3. The van der Waals surface area contributed by atoms with Crippen LogP contribution in [-0.4, -0.2) is 22.5 Å². The molecule has 0 heterocycles. The van der Waals surface area contributed by atoms with Gasteiger partial charge in [-0.2, -0.15) is 0 Å². The van der Waals surface area contributed by atoms with Crippen LogP contribution in [0.25, 0.3) is 4.72 Å². The molecule has 1 N–H and O–H groups in total. The van der Waals surface area contributed by atoms with E-state index in [0.29, 0.717) is 0 Å². The Balaban J connectivity index is 0. The molecule has 4 nitrogen and oxygen atoms in total. The van der Waals surface area contributed by atoms with Gasteiger partial charge in [0.05, 0.1) is 0 Å². The quantitative estimate of drug-likeness (QED) is 0.744. The minimum Gasteiger partial charge on any atom is -0.538 e. The Hall–Kier alpha value is 0.532. The summed E-state index contributed by atoms with van der Waals surface area (Å²) in [7, 11) is -0.760. The number of rotatable bonds is 2. The number of hydrogen-bond donors (Lipinski definition) is 1. The Morgan fingerprint density at radius 2 is 1.88 bits per heavy atom. The van der Waals surface area contributed by atoms with Crippen molar-refractivity contribution in [1.82, 2.24) is 4.72 Å². The Bertz CT molecular complexity index is 121. The van der Waals surface area contributed by atoms with Gasteiger partial charge in [0.25, 0.3) is 0 Å². The third-order valence-corrected chi connectivity index (χ3v) is 1.49. The monoisotopic (exact) mass is 310 g/mol. The van der Waals surface area contributed by atoms with Crippen LogP contribution in [0.2, 0.25) is 0 Å². The molecule has 0 aromatic carbocycles. The molecule has 0 aromatic rings. The van der Waals surface area contributed by atoms with Gasteiger partial charge in [0.2, 0.25) is 0 Å². The van der Waals surface area contributed by atoms with E-state index in [1.807, 2.05) is 4.72 Å². The topological polar surface area (TPSA) is 60.3 Å². The Morgan fingerprint density at radius 1 is 1.50 bits per heavy atom. The van der Waals surface area contributed by atoms with E-state index in [9.17, 15) is 8.42 Å². The van der Waals surface area contributed by atoms with Gasteiger partial charge in [-0.3, -0.25) is 0 Å². The van der Waals surface area contributed by atoms with Crippen LogP contribution in [0, 0.1) is 0 Å². The molecule has 0 atom stereocenters. The third-order valence-electron chi connectivity index (χ3n) is 0.498. The molecule has 0 aliphatic carbocycles. The van der Waals surface area contributed by atoms with Crippen LogP contribution in [0.15, 0.2) is 0 Å². The van der Waals surface area contributed by atoms with E-state index in [1.54, 1.807) is 0 Å². The van der Waals surface area contributed by atoms with E-state index in [0.717, 1.165) is 0 Å². The van der Waals surface area contributed by atoms with Gasteiger partial charge in [-0.25, -0.2) is 13.1 Å². The molecule has 51 valence electrons. The second kappa shape index (κ2) is 4.42. The van der Waals surface area contributed by atoms with E-state index in [4.69, 9.17) is 0 Å². The molecular formula is C2H7N2O2ReS-. The molecule has 0 saturated carbocycles. The standard InChI is InChI=1S/C2H7N2O2S.Re/c1-3-7(5,6)4-2;/h3H,1-2H3;/q-1;. The van der Waals surface area contributed by atoms with Crippen molar-refractivity contribution in [2.75, 3.05) is 14.1 Å². The van der Waals surface area contributed by atoms with Crippen molar-refractivity contribution in [2.45, 2.75) is 0 Å². The molecule has 1 radical (unpaired) electrons. The summed E-state index contributed by atoms with van der Waals surface area (Å²) in [6.45, 7) is 0. The molecule has 0 fully saturated rings. The summed E-state index contributed by atoms with van der Waals surface area (Å²) < 4.78 is 25.2. The maximum absolute atomic E-state index is 10.1. The summed E-state index contributed by atoms with van der Waals surface area (Å²) in [5.41, 5.74) is 0. The summed E-state index contributed by atoms with van der Waals surface area (Å²) in [6.07, 6.45) is 0. The van der Waals surface area contributed by atoms with Gasteiger partial charge in [-0.05, 0) is 7.05 Å². The summed E-state index contributed by atoms with van der Waals surface area (Å²) in [5, 5.41) is 0. The fraction of sp³-hybridized carbons (Fsp3) is 1.00. The SMILES string of the molecule is C[N-]S(=O)(=O)NC.[Re]. The van der Waals surface area contributed by atoms with Gasteiger partial charge in [0.1, 0.15) is 10.2 Å². The van der Waals surface area contributed by atoms with E-state index < -0.39 is 10.2 Å². The van der Waals surface area contributed by atoms with Crippen LogP contribution in [0.5, 0.6) is 0 Å². The third kappa shape index (κ3) is 4.69. The summed E-state index contributed by atoms with van der Waals surface area (Å²) >= 11 is 0. The zero-order chi connectivity index (χ0) is 5.91. The predicted molar refractivity (Wildman–Crippen MR) is 27.3 cm³/mol. The molecule has 0 aliphatic rings. The summed E-state index contributed by atoms with van der Waals surface area (Å²) in [4.78, 5) is 0. The van der Waals surface area contributed by atoms with Crippen molar-refractivity contribution in [3.8, 4) is 0 Å². The van der Waals surface area contributed by atoms with Gasteiger partial charge in [0, 0.05) is 20.4 Å². The molecule has 0 saturated heterocycles. The molecule has 0 bridgehead atoms. The molecule has 6 heteroatoms. The maximum atomic E-state index is 10.1. The zero-order valence-electron chi connectivity index (χ0n) is 4.55. The molecule has 0 rings (SSSR count). The van der Waals surface area contributed by atoms with Crippen LogP contribution in [0.1, 0.15) is 0 Å². The first-order chi connectivity index (χ1) is 3.12. The minimum atomic E-state index is -3.28. The molecule has 0 amide bonds. The Morgan fingerprint density at radius 3 is 1.88 bits per heavy atom. The average Bonchev–Trinajstić information content (AvgIpc) is 1.68. The van der Waals surface area contributed by atoms with Gasteiger partial charge >= 0.3 is 0 Å². The number of hydrogen-bond acceptors (Lipinski definition) is 2. The Kier molecular flexibility index (Phi) is 6.26. The van der Waals surface area contributed by atoms with Crippen molar-refractivity contribution >= 4 is 10.2 Å². The average molecular weight is 309 g/mol. The Labute approximate surface area is 62.9 Å². The van der Waals surface area contributed by atoms with Crippen molar-refractivity contribution in [2.24, 2.45) is 0 Å². The van der Waals surface area contributed by atoms with Gasteiger partial charge in [-0.1, -0.05) is 0 Å². The second-order valence-corrected chi connectivity index (χ2v) is 2.59. The van der Waals surface area contributed by atoms with Crippen LogP contribution in [-0.2, 0) is 30.6 Å². The van der Waals surface area contributed by atoms with Crippen LogP contribution < -0.4 is 4.72 Å². The van der Waals surface area contributed by atoms with Gasteiger partial charge in [-0.15, -0.1) is 7.05 Å². The van der Waals surface area contributed by atoms with Gasteiger partial charge in [0.15, 0.2) is 0 Å². The van der Waals surface area contributed by atoms with E-state index in [2.05, 4.69) is 4.72 Å². The predicted octanol–water partition coefficient (Wildman–Crippen LogP) is -0.548. The van der Waals surface area contributed by atoms with Crippen molar-refractivity contribution in [3.05, 3.63) is 4.72 Å². The second-order valence-electron chi connectivity index (χ2n) is 0.862. The molecular weight excluding hydrogens is 302 g/mol. The maximum Gasteiger partial charge on any atom is 0.134 e. The zero-order valence-corrected chi connectivity index (χ0v) is 8.08. The molecule has 0 aliphatic heterocycles. The molecule has 0 aromatic heterocycles. The largest absolute Gasteiger partial charge is 0.538 e. The normalized spacial score (nSPS) is 10.2. The van der Waals surface area contributed by atoms with Crippen LogP contribution >= 0.6 is 0 Å². The van der Waals surface area contributed by atoms with E-state index in [1.165, 1.54) is 14.1 Å². The fourth-order valence-corrected chi connectivity index (χ4v) is 0.274. The molecule has 0 unspecified atom stereocenters. The summed E-state index contributed by atoms with van der Waals surface area (Å²) in [5.74, 6) is 0. The van der Waals surface area contributed by atoms with E-state index in [-0.39, 0.29) is 20.4 Å². The van der Waals surface area contributed by atoms with Crippen LogP contribution in [0.4, 0.5) is 0 Å². The number of nitrogens with zero attached hydrogens (tertiary/aromatic N) is 1. The fourth-order valence-electron chi connectivity index (χ4n) is 0.0913. The van der Waals surface area contributed by atoms with E-state index >= 15 is 0 Å². The number of nitrogens with one attached hydrogen (secondary N) is 1. The minimum absolute atomic E-state index is 0. The molecule has 0 spiro atoms.